The van der Waals surface area contributed by atoms with Crippen molar-refractivity contribution >= 4 is 11.9 Å². The van der Waals surface area contributed by atoms with Crippen molar-refractivity contribution in [3.8, 4) is 5.75 Å². The first-order chi connectivity index (χ1) is 9.56. The molecule has 108 valence electrons. The van der Waals surface area contributed by atoms with E-state index >= 15 is 0 Å². The molecule has 2 N–H and O–H groups in total. The smallest absolute Gasteiger partial charge is 0.326 e. The van der Waals surface area contributed by atoms with Gasteiger partial charge in [-0.2, -0.15) is 0 Å². The highest BCUT2D eigenvalue weighted by atomic mass is 16.5. The van der Waals surface area contributed by atoms with Gasteiger partial charge in [-0.05, 0) is 36.8 Å². The minimum atomic E-state index is -0.987. The molecule has 1 amide bonds. The Balaban J connectivity index is 2.05. The number of para-hydroxylation sites is 1. The Morgan fingerprint density at radius 1 is 1.45 bits per heavy atom. The van der Waals surface area contributed by atoms with Crippen LogP contribution in [-0.2, 0) is 16.0 Å². The van der Waals surface area contributed by atoms with Gasteiger partial charge < -0.3 is 15.2 Å². The fourth-order valence-electron chi connectivity index (χ4n) is 2.56. The Labute approximate surface area is 117 Å². The van der Waals surface area contributed by atoms with Crippen LogP contribution in [0.3, 0.4) is 0 Å². The summed E-state index contributed by atoms with van der Waals surface area (Å²) in [6, 6.07) is 6.98. The molecule has 0 radical (unpaired) electrons. The summed E-state index contributed by atoms with van der Waals surface area (Å²) in [6.07, 6.45) is 1.99. The van der Waals surface area contributed by atoms with Crippen molar-refractivity contribution in [2.75, 3.05) is 6.61 Å². The lowest BCUT2D eigenvalue weighted by Crippen LogP contribution is -2.41. The van der Waals surface area contributed by atoms with Gasteiger partial charge in [0.05, 0.1) is 6.61 Å². The molecule has 0 aliphatic carbocycles. The lowest BCUT2D eigenvalue weighted by Gasteiger charge is -2.19. The Hall–Kier alpha value is -2.04. The van der Waals surface area contributed by atoms with E-state index in [4.69, 9.17) is 4.74 Å². The van der Waals surface area contributed by atoms with E-state index in [9.17, 15) is 14.7 Å². The maximum Gasteiger partial charge on any atom is 0.326 e. The Bertz CT molecular complexity index is 500. The highest BCUT2D eigenvalue weighted by Gasteiger charge is 2.25. The van der Waals surface area contributed by atoms with Gasteiger partial charge in [-0.3, -0.25) is 4.79 Å². The van der Waals surface area contributed by atoms with Crippen molar-refractivity contribution in [2.24, 2.45) is 5.92 Å². The molecule has 2 rings (SSSR count). The van der Waals surface area contributed by atoms with Gasteiger partial charge >= 0.3 is 5.97 Å². The number of fused-ring (bicyclic) bond motifs is 1. The number of ether oxygens (including phenoxy) is 1. The highest BCUT2D eigenvalue weighted by Crippen LogP contribution is 2.28. The van der Waals surface area contributed by atoms with Crippen LogP contribution in [-0.4, -0.2) is 29.6 Å². The maximum atomic E-state index is 11.2. The highest BCUT2D eigenvalue weighted by molar-refractivity contribution is 5.82. The molecule has 0 aromatic heterocycles. The zero-order chi connectivity index (χ0) is 14.5. The molecular formula is C15H19NO4. The Morgan fingerprint density at radius 3 is 2.90 bits per heavy atom. The van der Waals surface area contributed by atoms with Gasteiger partial charge in [0.15, 0.2) is 0 Å². The van der Waals surface area contributed by atoms with Gasteiger partial charge in [-0.25, -0.2) is 4.79 Å². The standard InChI is InChI=1S/C15H19NO4/c1-10(17)16-13(15(18)19)9-11-6-7-20-14-5-3-2-4-12(14)8-11/h2-5,11,13H,6-9H2,1H3,(H,16,17)(H,18,19)/t11-,13?/m1/s1. The van der Waals surface area contributed by atoms with Gasteiger partial charge in [-0.15, -0.1) is 0 Å². The van der Waals surface area contributed by atoms with Crippen LogP contribution in [0.4, 0.5) is 0 Å². The van der Waals surface area contributed by atoms with E-state index < -0.39 is 12.0 Å². The van der Waals surface area contributed by atoms with Gasteiger partial charge in [0.1, 0.15) is 11.8 Å². The summed E-state index contributed by atoms with van der Waals surface area (Å²) in [5, 5.41) is 11.7. The number of hydrogen-bond acceptors (Lipinski definition) is 3. The molecule has 0 saturated carbocycles. The van der Waals surface area contributed by atoms with Crippen LogP contribution in [0, 0.1) is 5.92 Å². The van der Waals surface area contributed by atoms with Crippen molar-refractivity contribution in [1.82, 2.24) is 5.32 Å². The number of hydrogen-bond donors (Lipinski definition) is 2. The number of benzene rings is 1. The molecule has 0 bridgehead atoms. The summed E-state index contributed by atoms with van der Waals surface area (Å²) in [6.45, 7) is 1.91. The zero-order valence-electron chi connectivity index (χ0n) is 11.5. The minimum Gasteiger partial charge on any atom is -0.493 e. The molecule has 1 heterocycles. The van der Waals surface area contributed by atoms with Gasteiger partial charge in [-0.1, -0.05) is 18.2 Å². The monoisotopic (exact) mass is 277 g/mol. The number of carbonyl (C=O) groups is 2. The molecule has 20 heavy (non-hydrogen) atoms. The number of amides is 1. The van der Waals surface area contributed by atoms with E-state index in [1.165, 1.54) is 6.92 Å². The summed E-state index contributed by atoms with van der Waals surface area (Å²) in [5.74, 6) is -0.241. The largest absolute Gasteiger partial charge is 0.493 e. The van der Waals surface area contributed by atoms with E-state index in [0.717, 1.165) is 24.2 Å². The fraction of sp³-hybridized carbons (Fsp3) is 0.467. The zero-order valence-corrected chi connectivity index (χ0v) is 11.5. The summed E-state index contributed by atoms with van der Waals surface area (Å²) in [4.78, 5) is 22.3. The number of nitrogens with one attached hydrogen (secondary N) is 1. The third-order valence-electron chi connectivity index (χ3n) is 3.51. The van der Waals surface area contributed by atoms with Gasteiger partial charge in [0.2, 0.25) is 5.91 Å². The maximum absolute atomic E-state index is 11.2. The van der Waals surface area contributed by atoms with Crippen molar-refractivity contribution in [3.05, 3.63) is 29.8 Å². The van der Waals surface area contributed by atoms with Crippen LogP contribution < -0.4 is 10.1 Å². The van der Waals surface area contributed by atoms with E-state index in [-0.39, 0.29) is 11.8 Å². The second kappa shape index (κ2) is 6.41. The molecule has 1 aromatic rings. The predicted molar refractivity (Wildman–Crippen MR) is 73.6 cm³/mol. The van der Waals surface area contributed by atoms with Crippen LogP contribution >= 0.6 is 0 Å². The normalized spacial score (nSPS) is 19.1. The molecule has 1 unspecified atom stereocenters. The Kier molecular flexibility index (Phi) is 4.61. The fourth-order valence-corrected chi connectivity index (χ4v) is 2.56. The van der Waals surface area contributed by atoms with Crippen molar-refractivity contribution in [1.29, 1.82) is 0 Å². The minimum absolute atomic E-state index is 0.187. The molecule has 1 aliphatic rings. The first kappa shape index (κ1) is 14.4. The van der Waals surface area contributed by atoms with Crippen LogP contribution in [0.2, 0.25) is 0 Å². The van der Waals surface area contributed by atoms with E-state index in [1.54, 1.807) is 0 Å². The summed E-state index contributed by atoms with van der Waals surface area (Å²) in [7, 11) is 0. The lowest BCUT2D eigenvalue weighted by molar-refractivity contribution is -0.142. The summed E-state index contributed by atoms with van der Waals surface area (Å²) in [5.41, 5.74) is 1.10. The molecule has 0 fully saturated rings. The molecule has 1 aliphatic heterocycles. The van der Waals surface area contributed by atoms with E-state index in [2.05, 4.69) is 5.32 Å². The summed E-state index contributed by atoms with van der Waals surface area (Å²) >= 11 is 0. The van der Waals surface area contributed by atoms with Gasteiger partial charge in [0, 0.05) is 6.92 Å². The van der Waals surface area contributed by atoms with Crippen molar-refractivity contribution < 1.29 is 19.4 Å². The predicted octanol–water partition coefficient (Wildman–Crippen LogP) is 1.61. The number of aliphatic carboxylic acids is 1. The molecule has 5 nitrogen and oxygen atoms in total. The van der Waals surface area contributed by atoms with Gasteiger partial charge in [0.25, 0.3) is 0 Å². The first-order valence-corrected chi connectivity index (χ1v) is 6.77. The molecular weight excluding hydrogens is 258 g/mol. The van der Waals surface area contributed by atoms with Crippen LogP contribution in [0.5, 0.6) is 5.75 Å². The molecule has 1 aromatic carbocycles. The molecule has 5 heteroatoms. The van der Waals surface area contributed by atoms with E-state index in [1.807, 2.05) is 24.3 Å². The third-order valence-corrected chi connectivity index (χ3v) is 3.51. The average molecular weight is 277 g/mol. The quantitative estimate of drug-likeness (QED) is 0.876. The van der Waals surface area contributed by atoms with Crippen LogP contribution in [0.1, 0.15) is 25.3 Å². The van der Waals surface area contributed by atoms with Crippen LogP contribution in [0.25, 0.3) is 0 Å². The summed E-state index contributed by atoms with van der Waals surface area (Å²) < 4.78 is 5.67. The Morgan fingerprint density at radius 2 is 2.20 bits per heavy atom. The average Bonchev–Trinajstić information content (AvgIpc) is 2.58. The van der Waals surface area contributed by atoms with E-state index in [0.29, 0.717) is 13.0 Å². The number of rotatable bonds is 4. The van der Waals surface area contributed by atoms with Crippen molar-refractivity contribution in [2.45, 2.75) is 32.2 Å². The molecule has 2 atom stereocenters. The SMILES string of the molecule is CC(=O)NC(C[C@@H]1CCOc2ccccc2C1)C(=O)O. The van der Waals surface area contributed by atoms with Crippen molar-refractivity contribution in [3.63, 3.8) is 0 Å². The molecule has 0 saturated heterocycles. The second-order valence-electron chi connectivity index (χ2n) is 5.14. The number of carboxylic acids is 1. The van der Waals surface area contributed by atoms with Crippen LogP contribution in [0.15, 0.2) is 24.3 Å². The number of carbonyl (C=O) groups excluding carboxylic acids is 1. The second-order valence-corrected chi connectivity index (χ2v) is 5.14. The third kappa shape index (κ3) is 3.73. The lowest BCUT2D eigenvalue weighted by atomic mass is 9.90. The number of carboxylic acid groups (broad SMARTS) is 1. The topological polar surface area (TPSA) is 75.6 Å². The first-order valence-electron chi connectivity index (χ1n) is 6.77. The molecule has 0 spiro atoms.